The third-order valence-electron chi connectivity index (χ3n) is 5.87. The van der Waals surface area contributed by atoms with Crippen LogP contribution in [0.4, 0.5) is 10.5 Å². The van der Waals surface area contributed by atoms with E-state index in [1.54, 1.807) is 13.3 Å². The number of carboxylic acid groups (broad SMARTS) is 1. The Hall–Kier alpha value is -2.67. The van der Waals surface area contributed by atoms with Gasteiger partial charge in [0.05, 0.1) is 25.0 Å². The minimum absolute atomic E-state index is 0.0567. The third-order valence-corrected chi connectivity index (χ3v) is 5.87. The summed E-state index contributed by atoms with van der Waals surface area (Å²) in [5.74, 6) is 0.0567. The second-order valence-corrected chi connectivity index (χ2v) is 8.66. The molecule has 1 aliphatic heterocycles. The summed E-state index contributed by atoms with van der Waals surface area (Å²) < 4.78 is 2.09. The lowest BCUT2D eigenvalue weighted by Gasteiger charge is -2.53. The first-order valence-corrected chi connectivity index (χ1v) is 9.53. The summed E-state index contributed by atoms with van der Waals surface area (Å²) in [7, 11) is 0. The van der Waals surface area contributed by atoms with E-state index in [0.717, 1.165) is 22.6 Å². The zero-order valence-corrected chi connectivity index (χ0v) is 17.4. The monoisotopic (exact) mass is 385 g/mol. The topological polar surface area (TPSA) is 84.2 Å². The van der Waals surface area contributed by atoms with Crippen molar-refractivity contribution in [3.05, 3.63) is 42.0 Å². The van der Waals surface area contributed by atoms with Crippen molar-refractivity contribution < 1.29 is 14.7 Å². The van der Waals surface area contributed by atoms with Gasteiger partial charge in [0.2, 0.25) is 0 Å². The number of nitrogens with one attached hydrogen (secondary N) is 1. The molecule has 2 aromatic rings. The molecule has 150 valence electrons. The van der Waals surface area contributed by atoms with Crippen LogP contribution in [0.3, 0.4) is 0 Å². The summed E-state index contributed by atoms with van der Waals surface area (Å²) in [6.07, 6.45) is 3.14. The SMILES string of the molecule is CC(=O)[N+]1(C(C)(C)C)c2ccc(-n3cnc(C)c3)cc2C(NC(=O)O)CC1C. The molecule has 0 fully saturated rings. The molecule has 7 heteroatoms. The number of hydrogen-bond acceptors (Lipinski definition) is 3. The Balaban J connectivity index is 2.27. The summed E-state index contributed by atoms with van der Waals surface area (Å²) in [5, 5.41) is 12.0. The highest BCUT2D eigenvalue weighted by atomic mass is 16.4. The molecular formula is C21H29N4O3+. The average molecular weight is 385 g/mol. The molecule has 0 radical (unpaired) electrons. The number of benzene rings is 1. The van der Waals surface area contributed by atoms with Crippen molar-refractivity contribution >= 4 is 17.7 Å². The second kappa shape index (κ2) is 6.74. The van der Waals surface area contributed by atoms with Gasteiger partial charge in [0.1, 0.15) is 17.3 Å². The molecule has 0 spiro atoms. The van der Waals surface area contributed by atoms with Gasteiger partial charge in [0.15, 0.2) is 0 Å². The number of aromatic nitrogens is 2. The maximum Gasteiger partial charge on any atom is 0.405 e. The van der Waals surface area contributed by atoms with Crippen LogP contribution in [0.2, 0.25) is 0 Å². The molecule has 0 saturated carbocycles. The van der Waals surface area contributed by atoms with Gasteiger partial charge in [-0.15, -0.1) is 0 Å². The van der Waals surface area contributed by atoms with Gasteiger partial charge in [-0.25, -0.2) is 19.1 Å². The first-order valence-electron chi connectivity index (χ1n) is 9.53. The summed E-state index contributed by atoms with van der Waals surface area (Å²) >= 11 is 0. The van der Waals surface area contributed by atoms with Gasteiger partial charge >= 0.3 is 12.0 Å². The van der Waals surface area contributed by atoms with Gasteiger partial charge in [0.25, 0.3) is 0 Å². The Morgan fingerprint density at radius 1 is 1.32 bits per heavy atom. The van der Waals surface area contributed by atoms with Crippen LogP contribution in [0.15, 0.2) is 30.7 Å². The average Bonchev–Trinajstić information content (AvgIpc) is 2.99. The summed E-state index contributed by atoms with van der Waals surface area (Å²) in [5.41, 5.74) is 3.12. The van der Waals surface area contributed by atoms with Crippen molar-refractivity contribution in [3.8, 4) is 5.69 Å². The van der Waals surface area contributed by atoms with Crippen LogP contribution in [0.5, 0.6) is 0 Å². The number of imidazole rings is 1. The highest BCUT2D eigenvalue weighted by molar-refractivity contribution is 5.90. The van der Waals surface area contributed by atoms with Gasteiger partial charge in [-0.3, -0.25) is 0 Å². The Kier molecular flexibility index (Phi) is 4.83. The lowest BCUT2D eigenvalue weighted by Crippen LogP contribution is -2.71. The molecule has 3 atom stereocenters. The van der Waals surface area contributed by atoms with Gasteiger partial charge in [0, 0.05) is 29.9 Å². The molecule has 1 aliphatic rings. The van der Waals surface area contributed by atoms with E-state index in [4.69, 9.17) is 0 Å². The number of quaternary nitrogens is 1. The zero-order chi connectivity index (χ0) is 20.9. The number of fused-ring (bicyclic) bond motifs is 1. The highest BCUT2D eigenvalue weighted by Gasteiger charge is 2.56. The number of rotatable bonds is 2. The van der Waals surface area contributed by atoms with E-state index < -0.39 is 6.09 Å². The van der Waals surface area contributed by atoms with E-state index in [1.807, 2.05) is 42.8 Å². The standard InChI is InChI=1S/C21H28N4O3/c1-13-11-24(12-22-13)16-7-8-19-17(10-16)18(23-20(27)28)9-14(2)25(19,15(3)26)21(4,5)6/h7-8,10-12,14,18,23H,9H2,1-6H3/p+1. The van der Waals surface area contributed by atoms with Crippen molar-refractivity contribution in [2.75, 3.05) is 0 Å². The van der Waals surface area contributed by atoms with Crippen LogP contribution < -0.4 is 9.80 Å². The number of aryl methyl sites for hydroxylation is 1. The lowest BCUT2D eigenvalue weighted by molar-refractivity contribution is -0.136. The molecule has 2 heterocycles. The second-order valence-electron chi connectivity index (χ2n) is 8.66. The molecule has 2 amide bonds. The largest absolute Gasteiger partial charge is 0.465 e. The van der Waals surface area contributed by atoms with Crippen LogP contribution in [0.25, 0.3) is 5.69 Å². The first-order chi connectivity index (χ1) is 13.0. The quantitative estimate of drug-likeness (QED) is 0.767. The zero-order valence-electron chi connectivity index (χ0n) is 17.4. The minimum atomic E-state index is -1.06. The fraction of sp³-hybridized carbons (Fsp3) is 0.476. The molecule has 3 unspecified atom stereocenters. The predicted molar refractivity (Wildman–Crippen MR) is 109 cm³/mol. The molecule has 7 nitrogen and oxygen atoms in total. The summed E-state index contributed by atoms with van der Waals surface area (Å²) in [4.78, 5) is 28.8. The first kappa shape index (κ1) is 20.1. The van der Waals surface area contributed by atoms with Crippen LogP contribution in [-0.4, -0.2) is 38.2 Å². The van der Waals surface area contributed by atoms with E-state index in [0.29, 0.717) is 6.42 Å². The maximum atomic E-state index is 13.0. The van der Waals surface area contributed by atoms with E-state index in [9.17, 15) is 14.7 Å². The van der Waals surface area contributed by atoms with Crippen molar-refractivity contribution in [2.24, 2.45) is 0 Å². The van der Waals surface area contributed by atoms with Gasteiger partial charge in [-0.2, -0.15) is 0 Å². The van der Waals surface area contributed by atoms with Crippen LogP contribution in [0.1, 0.15) is 58.3 Å². The molecular weight excluding hydrogens is 356 g/mol. The molecule has 2 N–H and O–H groups in total. The fourth-order valence-corrected chi connectivity index (χ4v) is 4.99. The number of amides is 2. The van der Waals surface area contributed by atoms with Crippen molar-refractivity contribution in [1.82, 2.24) is 19.4 Å². The van der Waals surface area contributed by atoms with Crippen molar-refractivity contribution in [2.45, 2.75) is 65.6 Å². The minimum Gasteiger partial charge on any atom is -0.465 e. The Bertz CT molecular complexity index is 928. The van der Waals surface area contributed by atoms with Crippen molar-refractivity contribution in [3.63, 3.8) is 0 Å². The Labute approximate surface area is 165 Å². The van der Waals surface area contributed by atoms with Gasteiger partial charge in [-0.1, -0.05) is 0 Å². The van der Waals surface area contributed by atoms with E-state index in [1.165, 1.54) is 0 Å². The molecule has 0 aliphatic carbocycles. The third kappa shape index (κ3) is 2.99. The van der Waals surface area contributed by atoms with Crippen LogP contribution in [0, 0.1) is 6.92 Å². The van der Waals surface area contributed by atoms with E-state index >= 15 is 0 Å². The fourth-order valence-electron chi connectivity index (χ4n) is 4.99. The Morgan fingerprint density at radius 3 is 2.50 bits per heavy atom. The number of nitrogens with zero attached hydrogens (tertiary/aromatic N) is 3. The number of hydrogen-bond donors (Lipinski definition) is 2. The van der Waals surface area contributed by atoms with E-state index in [2.05, 4.69) is 31.1 Å². The number of carbonyl (C=O) groups excluding carboxylic acids is 1. The predicted octanol–water partition coefficient (Wildman–Crippen LogP) is 3.93. The molecule has 0 bridgehead atoms. The molecule has 1 aromatic carbocycles. The Morgan fingerprint density at radius 2 is 2.00 bits per heavy atom. The van der Waals surface area contributed by atoms with Gasteiger partial charge in [-0.05, 0) is 46.8 Å². The van der Waals surface area contributed by atoms with E-state index in [-0.39, 0.29) is 28.0 Å². The van der Waals surface area contributed by atoms with Crippen LogP contribution in [-0.2, 0) is 4.79 Å². The normalized spacial score (nSPS) is 24.5. The lowest BCUT2D eigenvalue weighted by atomic mass is 9.83. The number of carbonyl (C=O) groups is 2. The van der Waals surface area contributed by atoms with Gasteiger partial charge < -0.3 is 15.0 Å². The molecule has 28 heavy (non-hydrogen) atoms. The molecule has 1 aromatic heterocycles. The maximum absolute atomic E-state index is 13.0. The highest BCUT2D eigenvalue weighted by Crippen LogP contribution is 2.48. The van der Waals surface area contributed by atoms with Crippen molar-refractivity contribution in [1.29, 1.82) is 0 Å². The molecule has 0 saturated heterocycles. The summed E-state index contributed by atoms with van der Waals surface area (Å²) in [6, 6.07) is 5.48. The smallest absolute Gasteiger partial charge is 0.405 e. The van der Waals surface area contributed by atoms with Crippen LogP contribution >= 0.6 is 0 Å². The summed E-state index contributed by atoms with van der Waals surface area (Å²) in [6.45, 7) is 11.8. The molecule has 3 rings (SSSR count).